The third-order valence-corrected chi connectivity index (χ3v) is 1.57. The first-order valence-corrected chi connectivity index (χ1v) is 3.79. The molecule has 0 radical (unpaired) electrons. The van der Waals surface area contributed by atoms with Crippen LogP contribution in [0.4, 0.5) is 0 Å². The topological polar surface area (TPSA) is 75.1 Å². The van der Waals surface area contributed by atoms with E-state index in [4.69, 9.17) is 0 Å². The molecule has 0 amide bonds. The summed E-state index contributed by atoms with van der Waals surface area (Å²) in [6.45, 7) is 3.79. The van der Waals surface area contributed by atoms with Crippen LogP contribution in [0.1, 0.15) is 6.42 Å². The van der Waals surface area contributed by atoms with Gasteiger partial charge in [-0.1, -0.05) is 6.08 Å². The van der Waals surface area contributed by atoms with E-state index >= 15 is 0 Å². The van der Waals surface area contributed by atoms with Gasteiger partial charge in [0.15, 0.2) is 0 Å². The average Bonchev–Trinajstić information content (AvgIpc) is 2.02. The lowest BCUT2D eigenvalue weighted by Gasteiger charge is -2.04. The summed E-state index contributed by atoms with van der Waals surface area (Å²) in [6.07, 6.45) is 2.18. The van der Waals surface area contributed by atoms with E-state index in [1.807, 2.05) is 4.98 Å². The molecular weight excluding hydrogens is 172 g/mol. The number of aromatic amines is 1. The van der Waals surface area contributed by atoms with Crippen molar-refractivity contribution in [2.45, 2.75) is 13.0 Å². The van der Waals surface area contributed by atoms with Crippen LogP contribution in [0.3, 0.4) is 0 Å². The molecule has 70 valence electrons. The summed E-state index contributed by atoms with van der Waals surface area (Å²) < 4.78 is 1.07. The average molecular weight is 182 g/mol. The zero-order chi connectivity index (χ0) is 9.84. The van der Waals surface area contributed by atoms with E-state index in [1.165, 1.54) is 0 Å². The molecule has 1 aromatic heterocycles. The van der Waals surface area contributed by atoms with Crippen molar-refractivity contribution in [2.75, 3.05) is 0 Å². The Hall–Kier alpha value is -1.78. The van der Waals surface area contributed by atoms with E-state index in [-0.39, 0.29) is 5.88 Å². The van der Waals surface area contributed by atoms with Crippen LogP contribution in [0.5, 0.6) is 5.88 Å². The highest BCUT2D eigenvalue weighted by molar-refractivity contribution is 5.05. The Kier molecular flexibility index (Phi) is 2.69. The molecule has 0 saturated carbocycles. The number of aromatic nitrogens is 2. The Morgan fingerprint density at radius 3 is 2.85 bits per heavy atom. The lowest BCUT2D eigenvalue weighted by molar-refractivity contribution is 0.401. The Balaban J connectivity index is 3.13. The Bertz CT molecular complexity index is 416. The maximum absolute atomic E-state index is 11.1. The molecule has 1 aromatic rings. The smallest absolute Gasteiger partial charge is 0.331 e. The summed E-state index contributed by atoms with van der Waals surface area (Å²) in [4.78, 5) is 23.8. The van der Waals surface area contributed by atoms with E-state index < -0.39 is 11.2 Å². The van der Waals surface area contributed by atoms with Crippen molar-refractivity contribution in [3.05, 3.63) is 39.6 Å². The molecular formula is C8H10N2O3. The lowest BCUT2D eigenvalue weighted by atomic mass is 10.4. The summed E-state index contributed by atoms with van der Waals surface area (Å²) in [6, 6.07) is 0.963. The van der Waals surface area contributed by atoms with Crippen LogP contribution in [0.25, 0.3) is 0 Å². The third kappa shape index (κ3) is 2.08. The molecule has 0 aliphatic carbocycles. The number of nitrogens with zero attached hydrogens (tertiary/aromatic N) is 1. The van der Waals surface area contributed by atoms with Crippen molar-refractivity contribution in [1.29, 1.82) is 0 Å². The SMILES string of the molecule is C=CCCn1c(O)cc(=O)[nH]c1=O. The van der Waals surface area contributed by atoms with Gasteiger partial charge in [-0.15, -0.1) is 6.58 Å². The lowest BCUT2D eigenvalue weighted by Crippen LogP contribution is -2.28. The summed E-state index contributed by atoms with van der Waals surface area (Å²) in [7, 11) is 0. The first-order valence-electron chi connectivity index (χ1n) is 3.79. The van der Waals surface area contributed by atoms with Gasteiger partial charge in [-0.3, -0.25) is 14.3 Å². The summed E-state index contributed by atoms with van der Waals surface area (Å²) in [5, 5.41) is 9.21. The first-order chi connectivity index (χ1) is 6.15. The molecule has 5 heteroatoms. The first kappa shape index (κ1) is 9.31. The fourth-order valence-electron chi connectivity index (χ4n) is 0.945. The van der Waals surface area contributed by atoms with Crippen molar-refractivity contribution in [3.63, 3.8) is 0 Å². The molecule has 5 nitrogen and oxygen atoms in total. The highest BCUT2D eigenvalue weighted by Gasteiger charge is 2.02. The van der Waals surface area contributed by atoms with Gasteiger partial charge in [-0.25, -0.2) is 4.79 Å². The molecule has 0 atom stereocenters. The van der Waals surface area contributed by atoms with Gasteiger partial charge in [0.2, 0.25) is 5.88 Å². The van der Waals surface area contributed by atoms with E-state index in [9.17, 15) is 14.7 Å². The number of hydrogen-bond donors (Lipinski definition) is 2. The fourth-order valence-corrected chi connectivity index (χ4v) is 0.945. The van der Waals surface area contributed by atoms with Crippen molar-refractivity contribution in [3.8, 4) is 5.88 Å². The Morgan fingerprint density at radius 2 is 2.31 bits per heavy atom. The van der Waals surface area contributed by atoms with Gasteiger partial charge in [-0.05, 0) is 6.42 Å². The maximum Gasteiger partial charge on any atom is 0.331 e. The second kappa shape index (κ2) is 3.75. The van der Waals surface area contributed by atoms with Crippen LogP contribution < -0.4 is 11.2 Å². The van der Waals surface area contributed by atoms with Crippen molar-refractivity contribution < 1.29 is 5.11 Å². The molecule has 0 spiro atoms. The summed E-state index contributed by atoms with van der Waals surface area (Å²) in [5.74, 6) is -0.324. The van der Waals surface area contributed by atoms with Gasteiger partial charge in [-0.2, -0.15) is 0 Å². The van der Waals surface area contributed by atoms with E-state index in [1.54, 1.807) is 6.08 Å². The molecule has 1 heterocycles. The largest absolute Gasteiger partial charge is 0.494 e. The van der Waals surface area contributed by atoms with Gasteiger partial charge in [0.1, 0.15) is 0 Å². The molecule has 0 bridgehead atoms. The van der Waals surface area contributed by atoms with Gasteiger partial charge in [0.25, 0.3) is 5.56 Å². The molecule has 0 saturated heterocycles. The van der Waals surface area contributed by atoms with Crippen molar-refractivity contribution >= 4 is 0 Å². The zero-order valence-electron chi connectivity index (χ0n) is 6.99. The predicted molar refractivity (Wildman–Crippen MR) is 47.8 cm³/mol. The molecule has 0 aliphatic heterocycles. The minimum atomic E-state index is -0.605. The molecule has 0 aliphatic rings. The van der Waals surface area contributed by atoms with Crippen LogP contribution in [0.2, 0.25) is 0 Å². The van der Waals surface area contributed by atoms with Crippen LogP contribution in [-0.4, -0.2) is 14.7 Å². The number of hydrogen-bond acceptors (Lipinski definition) is 3. The molecule has 2 N–H and O–H groups in total. The molecule has 0 fully saturated rings. The normalized spacial score (nSPS) is 9.85. The van der Waals surface area contributed by atoms with Gasteiger partial charge in [0.05, 0.1) is 6.07 Å². The number of aromatic hydroxyl groups is 1. The van der Waals surface area contributed by atoms with Gasteiger partial charge >= 0.3 is 5.69 Å². The minimum Gasteiger partial charge on any atom is -0.494 e. The van der Waals surface area contributed by atoms with Crippen LogP contribution in [0, 0.1) is 0 Å². The van der Waals surface area contributed by atoms with E-state index in [2.05, 4.69) is 6.58 Å². The molecule has 1 rings (SSSR count). The highest BCUT2D eigenvalue weighted by atomic mass is 16.3. The molecule has 0 aromatic carbocycles. The number of nitrogens with one attached hydrogen (secondary N) is 1. The molecule has 0 unspecified atom stereocenters. The summed E-state index contributed by atoms with van der Waals surface area (Å²) in [5.41, 5.74) is -1.20. The standard InChI is InChI=1S/C8H10N2O3/c1-2-3-4-10-7(12)5-6(11)9-8(10)13/h2,5,12H,1,3-4H2,(H,9,11,13). The number of rotatable bonds is 3. The maximum atomic E-state index is 11.1. The van der Waals surface area contributed by atoms with Crippen LogP contribution in [0.15, 0.2) is 28.3 Å². The van der Waals surface area contributed by atoms with E-state index in [0.29, 0.717) is 13.0 Å². The van der Waals surface area contributed by atoms with Gasteiger partial charge in [0, 0.05) is 6.54 Å². The van der Waals surface area contributed by atoms with Crippen LogP contribution >= 0.6 is 0 Å². The van der Waals surface area contributed by atoms with Crippen molar-refractivity contribution in [2.24, 2.45) is 0 Å². The number of allylic oxidation sites excluding steroid dienone is 1. The van der Waals surface area contributed by atoms with Crippen LogP contribution in [-0.2, 0) is 6.54 Å². The van der Waals surface area contributed by atoms with Gasteiger partial charge < -0.3 is 5.11 Å². The zero-order valence-corrected chi connectivity index (χ0v) is 6.99. The second-order valence-electron chi connectivity index (χ2n) is 2.53. The summed E-state index contributed by atoms with van der Waals surface area (Å²) >= 11 is 0. The highest BCUT2D eigenvalue weighted by Crippen LogP contribution is 2.00. The monoisotopic (exact) mass is 182 g/mol. The Morgan fingerprint density at radius 1 is 1.62 bits per heavy atom. The minimum absolute atomic E-state index is 0.310. The van der Waals surface area contributed by atoms with E-state index in [0.717, 1.165) is 10.6 Å². The fraction of sp³-hybridized carbons (Fsp3) is 0.250. The second-order valence-corrected chi connectivity index (χ2v) is 2.53. The number of H-pyrrole nitrogens is 1. The predicted octanol–water partition coefficient (Wildman–Crippen LogP) is -0.182. The third-order valence-electron chi connectivity index (χ3n) is 1.57. The molecule has 13 heavy (non-hydrogen) atoms. The quantitative estimate of drug-likeness (QED) is 0.636. The van der Waals surface area contributed by atoms with Crippen molar-refractivity contribution in [1.82, 2.24) is 9.55 Å². The Labute approximate surface area is 74.0 Å².